The fourth-order valence-corrected chi connectivity index (χ4v) is 1.46. The van der Waals surface area contributed by atoms with Crippen LogP contribution in [0.3, 0.4) is 0 Å². The predicted molar refractivity (Wildman–Crippen MR) is 44.2 cm³/mol. The van der Waals surface area contributed by atoms with Gasteiger partial charge in [-0.15, -0.1) is 0 Å². The van der Waals surface area contributed by atoms with Gasteiger partial charge in [-0.2, -0.15) is 0 Å². The standard InChI is InChI=1S/C8H14N2O2/c1-2-6(5-9)10-7(11)3-4-8(10)12/h6H,2-5,9H2,1H3. The molecule has 1 rings (SSSR count). The van der Waals surface area contributed by atoms with Crippen LogP contribution in [0.4, 0.5) is 0 Å². The lowest BCUT2D eigenvalue weighted by atomic mass is 10.2. The van der Waals surface area contributed by atoms with Crippen molar-refractivity contribution in [1.82, 2.24) is 4.90 Å². The van der Waals surface area contributed by atoms with Gasteiger partial charge in [-0.1, -0.05) is 6.92 Å². The molecule has 1 atom stereocenters. The second-order valence-corrected chi connectivity index (χ2v) is 2.96. The lowest BCUT2D eigenvalue weighted by molar-refractivity contribution is -0.140. The van der Waals surface area contributed by atoms with E-state index in [2.05, 4.69) is 0 Å². The number of likely N-dealkylation sites (tertiary alicyclic amines) is 1. The predicted octanol–water partition coefficient (Wildman–Crippen LogP) is -0.127. The van der Waals surface area contributed by atoms with Crippen molar-refractivity contribution in [3.05, 3.63) is 0 Å². The fraction of sp³-hybridized carbons (Fsp3) is 0.750. The molecule has 0 radical (unpaired) electrons. The highest BCUT2D eigenvalue weighted by Gasteiger charge is 2.33. The number of amides is 2. The Morgan fingerprint density at radius 1 is 1.42 bits per heavy atom. The van der Waals surface area contributed by atoms with Gasteiger partial charge in [0, 0.05) is 19.4 Å². The van der Waals surface area contributed by atoms with Crippen molar-refractivity contribution in [3.8, 4) is 0 Å². The Kier molecular flexibility index (Phi) is 2.81. The van der Waals surface area contributed by atoms with Gasteiger partial charge >= 0.3 is 0 Å². The van der Waals surface area contributed by atoms with Gasteiger partial charge in [0.15, 0.2) is 0 Å². The number of carbonyl (C=O) groups excluding carboxylic acids is 2. The average molecular weight is 170 g/mol. The monoisotopic (exact) mass is 170 g/mol. The molecule has 0 aromatic heterocycles. The quantitative estimate of drug-likeness (QED) is 0.600. The summed E-state index contributed by atoms with van der Waals surface area (Å²) in [6.07, 6.45) is 1.46. The molecule has 1 aliphatic heterocycles. The molecule has 68 valence electrons. The van der Waals surface area contributed by atoms with E-state index in [9.17, 15) is 9.59 Å². The molecule has 2 N–H and O–H groups in total. The van der Waals surface area contributed by atoms with E-state index in [-0.39, 0.29) is 17.9 Å². The third-order valence-electron chi connectivity index (χ3n) is 2.20. The summed E-state index contributed by atoms with van der Waals surface area (Å²) >= 11 is 0. The molecule has 0 bridgehead atoms. The summed E-state index contributed by atoms with van der Waals surface area (Å²) in [5.74, 6) is -0.144. The largest absolute Gasteiger partial charge is 0.328 e. The van der Waals surface area contributed by atoms with E-state index in [1.165, 1.54) is 4.90 Å². The van der Waals surface area contributed by atoms with Gasteiger partial charge in [-0.25, -0.2) is 0 Å². The zero-order valence-corrected chi connectivity index (χ0v) is 7.25. The van der Waals surface area contributed by atoms with Crippen molar-refractivity contribution in [2.75, 3.05) is 6.54 Å². The lowest BCUT2D eigenvalue weighted by Gasteiger charge is -2.23. The first-order valence-corrected chi connectivity index (χ1v) is 4.25. The first-order valence-electron chi connectivity index (χ1n) is 4.25. The molecule has 1 aliphatic rings. The number of hydrogen-bond donors (Lipinski definition) is 1. The highest BCUT2D eigenvalue weighted by atomic mass is 16.2. The maximum Gasteiger partial charge on any atom is 0.229 e. The smallest absolute Gasteiger partial charge is 0.229 e. The van der Waals surface area contributed by atoms with Crippen LogP contribution in [0.25, 0.3) is 0 Å². The summed E-state index contributed by atoms with van der Waals surface area (Å²) in [6.45, 7) is 2.30. The Morgan fingerprint density at radius 2 is 1.92 bits per heavy atom. The number of rotatable bonds is 3. The van der Waals surface area contributed by atoms with Gasteiger partial charge in [0.25, 0.3) is 0 Å². The van der Waals surface area contributed by atoms with E-state index in [4.69, 9.17) is 5.73 Å². The molecule has 0 saturated carbocycles. The van der Waals surface area contributed by atoms with Crippen LogP contribution in [-0.2, 0) is 9.59 Å². The van der Waals surface area contributed by atoms with Crippen LogP contribution in [-0.4, -0.2) is 29.3 Å². The highest BCUT2D eigenvalue weighted by molar-refractivity contribution is 6.02. The van der Waals surface area contributed by atoms with Crippen LogP contribution in [0.5, 0.6) is 0 Å². The number of hydrogen-bond acceptors (Lipinski definition) is 3. The number of nitrogens with two attached hydrogens (primary N) is 1. The topological polar surface area (TPSA) is 63.4 Å². The van der Waals surface area contributed by atoms with Crippen LogP contribution in [0.1, 0.15) is 26.2 Å². The first-order chi connectivity index (χ1) is 5.70. The van der Waals surface area contributed by atoms with Gasteiger partial charge in [0.05, 0.1) is 6.04 Å². The Bertz CT molecular complexity index is 183. The van der Waals surface area contributed by atoms with E-state index >= 15 is 0 Å². The van der Waals surface area contributed by atoms with E-state index in [1.807, 2.05) is 6.92 Å². The lowest BCUT2D eigenvalue weighted by Crippen LogP contribution is -2.43. The summed E-state index contributed by atoms with van der Waals surface area (Å²) < 4.78 is 0. The molecule has 1 heterocycles. The maximum atomic E-state index is 11.2. The minimum absolute atomic E-state index is 0.0719. The minimum atomic E-state index is -0.0903. The molecule has 1 saturated heterocycles. The second-order valence-electron chi connectivity index (χ2n) is 2.96. The van der Waals surface area contributed by atoms with Crippen molar-refractivity contribution in [1.29, 1.82) is 0 Å². The molecule has 0 spiro atoms. The molecule has 0 aromatic carbocycles. The molecule has 2 amide bonds. The number of carbonyl (C=O) groups is 2. The van der Waals surface area contributed by atoms with Crippen LogP contribution >= 0.6 is 0 Å². The maximum absolute atomic E-state index is 11.2. The van der Waals surface area contributed by atoms with Crippen molar-refractivity contribution in [2.24, 2.45) is 5.73 Å². The van der Waals surface area contributed by atoms with E-state index in [1.54, 1.807) is 0 Å². The Hall–Kier alpha value is -0.900. The summed E-state index contributed by atoms with van der Waals surface area (Å²) in [5, 5.41) is 0. The van der Waals surface area contributed by atoms with Gasteiger partial charge in [-0.3, -0.25) is 14.5 Å². The third kappa shape index (κ3) is 1.48. The van der Waals surface area contributed by atoms with Crippen LogP contribution in [0, 0.1) is 0 Å². The van der Waals surface area contributed by atoms with E-state index in [0.717, 1.165) is 6.42 Å². The van der Waals surface area contributed by atoms with Crippen molar-refractivity contribution in [3.63, 3.8) is 0 Å². The Balaban J connectivity index is 2.70. The first kappa shape index (κ1) is 9.19. The molecule has 0 aromatic rings. The molecular weight excluding hydrogens is 156 g/mol. The van der Waals surface area contributed by atoms with E-state index < -0.39 is 0 Å². The van der Waals surface area contributed by atoms with Crippen LogP contribution in [0.15, 0.2) is 0 Å². The van der Waals surface area contributed by atoms with Gasteiger partial charge in [-0.05, 0) is 6.42 Å². The highest BCUT2D eigenvalue weighted by Crippen LogP contribution is 2.16. The molecule has 12 heavy (non-hydrogen) atoms. The molecular formula is C8H14N2O2. The van der Waals surface area contributed by atoms with Gasteiger partial charge < -0.3 is 5.73 Å². The SMILES string of the molecule is CCC(CN)N1C(=O)CCC1=O. The average Bonchev–Trinajstić information content (AvgIpc) is 2.38. The number of imide groups is 1. The zero-order chi connectivity index (χ0) is 9.14. The van der Waals surface area contributed by atoms with Crippen LogP contribution in [0.2, 0.25) is 0 Å². The minimum Gasteiger partial charge on any atom is -0.328 e. The summed E-state index contributed by atoms with van der Waals surface area (Å²) in [7, 11) is 0. The molecule has 1 fully saturated rings. The third-order valence-corrected chi connectivity index (χ3v) is 2.20. The van der Waals surface area contributed by atoms with Gasteiger partial charge in [0.1, 0.15) is 0 Å². The molecule has 4 nitrogen and oxygen atoms in total. The van der Waals surface area contributed by atoms with E-state index in [0.29, 0.717) is 19.4 Å². The Morgan fingerprint density at radius 3 is 2.25 bits per heavy atom. The zero-order valence-electron chi connectivity index (χ0n) is 7.25. The molecule has 1 unspecified atom stereocenters. The second kappa shape index (κ2) is 3.67. The fourth-order valence-electron chi connectivity index (χ4n) is 1.46. The summed E-state index contributed by atoms with van der Waals surface area (Å²) in [6, 6.07) is -0.0903. The summed E-state index contributed by atoms with van der Waals surface area (Å²) in [4.78, 5) is 23.7. The Labute approximate surface area is 71.7 Å². The summed E-state index contributed by atoms with van der Waals surface area (Å²) in [5.41, 5.74) is 5.44. The van der Waals surface area contributed by atoms with Crippen molar-refractivity contribution < 1.29 is 9.59 Å². The van der Waals surface area contributed by atoms with Crippen molar-refractivity contribution in [2.45, 2.75) is 32.2 Å². The van der Waals surface area contributed by atoms with Crippen LogP contribution < -0.4 is 5.73 Å². The molecule has 4 heteroatoms. The molecule has 0 aliphatic carbocycles. The normalized spacial score (nSPS) is 20.3. The van der Waals surface area contributed by atoms with Gasteiger partial charge in [0.2, 0.25) is 11.8 Å². The number of nitrogens with zero attached hydrogens (tertiary/aromatic N) is 1. The van der Waals surface area contributed by atoms with Crippen molar-refractivity contribution >= 4 is 11.8 Å².